The first-order chi connectivity index (χ1) is 9.65. The fourth-order valence-electron chi connectivity index (χ4n) is 1.55. The smallest absolute Gasteiger partial charge is 0.224 e. The number of amides is 1. The summed E-state index contributed by atoms with van der Waals surface area (Å²) in [5.74, 6) is 0.926. The van der Waals surface area contributed by atoms with Crippen LogP contribution in [-0.2, 0) is 4.79 Å². The number of H-pyrrole nitrogens is 1. The molecule has 20 heavy (non-hydrogen) atoms. The SMILES string of the molecule is CC(NC(=O)CCOc1cccc(Cl)c1)c1nn[nH]n1. The molecule has 7 nitrogen and oxygen atoms in total. The topological polar surface area (TPSA) is 92.8 Å². The molecule has 0 saturated carbocycles. The summed E-state index contributed by atoms with van der Waals surface area (Å²) in [5.41, 5.74) is 0. The fraction of sp³-hybridized carbons (Fsp3) is 0.333. The first-order valence-corrected chi connectivity index (χ1v) is 6.44. The number of nitrogens with one attached hydrogen (secondary N) is 2. The highest BCUT2D eigenvalue weighted by molar-refractivity contribution is 6.30. The normalized spacial score (nSPS) is 11.9. The Kier molecular flexibility index (Phi) is 4.89. The summed E-state index contributed by atoms with van der Waals surface area (Å²) in [4.78, 5) is 11.7. The van der Waals surface area contributed by atoms with Crippen LogP contribution in [0.5, 0.6) is 5.75 Å². The number of tetrazole rings is 1. The van der Waals surface area contributed by atoms with Gasteiger partial charge < -0.3 is 10.1 Å². The number of rotatable bonds is 6. The van der Waals surface area contributed by atoms with Gasteiger partial charge >= 0.3 is 0 Å². The Morgan fingerprint density at radius 2 is 2.40 bits per heavy atom. The van der Waals surface area contributed by atoms with Crippen molar-refractivity contribution in [1.29, 1.82) is 0 Å². The average Bonchev–Trinajstić information content (AvgIpc) is 2.92. The summed E-state index contributed by atoms with van der Waals surface area (Å²) in [5, 5.41) is 16.7. The second kappa shape index (κ2) is 6.85. The first-order valence-electron chi connectivity index (χ1n) is 6.06. The van der Waals surface area contributed by atoms with Crippen LogP contribution in [0.1, 0.15) is 25.2 Å². The average molecular weight is 296 g/mol. The zero-order chi connectivity index (χ0) is 14.4. The maximum Gasteiger partial charge on any atom is 0.224 e. The molecule has 2 N–H and O–H groups in total. The number of hydrogen-bond acceptors (Lipinski definition) is 5. The Hall–Kier alpha value is -2.15. The van der Waals surface area contributed by atoms with Crippen LogP contribution in [0, 0.1) is 0 Å². The van der Waals surface area contributed by atoms with Crippen molar-refractivity contribution in [3.63, 3.8) is 0 Å². The van der Waals surface area contributed by atoms with Gasteiger partial charge in [-0.2, -0.15) is 5.21 Å². The van der Waals surface area contributed by atoms with Crippen molar-refractivity contribution >= 4 is 17.5 Å². The number of ether oxygens (including phenoxy) is 1. The van der Waals surface area contributed by atoms with Gasteiger partial charge in [-0.1, -0.05) is 22.9 Å². The molecule has 8 heteroatoms. The lowest BCUT2D eigenvalue weighted by atomic mass is 10.3. The molecule has 2 aromatic rings. The van der Waals surface area contributed by atoms with Crippen LogP contribution in [-0.4, -0.2) is 33.1 Å². The third kappa shape index (κ3) is 4.20. The van der Waals surface area contributed by atoms with Crippen molar-refractivity contribution in [2.75, 3.05) is 6.61 Å². The van der Waals surface area contributed by atoms with Gasteiger partial charge in [0.2, 0.25) is 5.91 Å². The van der Waals surface area contributed by atoms with Crippen LogP contribution < -0.4 is 10.1 Å². The van der Waals surface area contributed by atoms with E-state index in [2.05, 4.69) is 25.9 Å². The molecular weight excluding hydrogens is 282 g/mol. The highest BCUT2D eigenvalue weighted by Crippen LogP contribution is 2.17. The van der Waals surface area contributed by atoms with E-state index in [0.29, 0.717) is 16.6 Å². The van der Waals surface area contributed by atoms with Gasteiger partial charge in [0.1, 0.15) is 5.75 Å². The largest absolute Gasteiger partial charge is 0.493 e. The van der Waals surface area contributed by atoms with Gasteiger partial charge in [-0.25, -0.2) is 0 Å². The standard InChI is InChI=1S/C12H14ClN5O2/c1-8(12-15-17-18-16-12)14-11(19)5-6-20-10-4-2-3-9(13)7-10/h2-4,7-8H,5-6H2,1H3,(H,14,19)(H,15,16,17,18). The molecule has 0 bridgehead atoms. The summed E-state index contributed by atoms with van der Waals surface area (Å²) in [6.07, 6.45) is 0.231. The second-order valence-corrected chi connectivity index (χ2v) is 4.55. The van der Waals surface area contributed by atoms with Gasteiger partial charge in [-0.3, -0.25) is 4.79 Å². The maximum absolute atomic E-state index is 11.7. The summed E-state index contributed by atoms with van der Waals surface area (Å²) in [7, 11) is 0. The van der Waals surface area contributed by atoms with E-state index in [9.17, 15) is 4.79 Å². The van der Waals surface area contributed by atoms with Crippen molar-refractivity contribution in [2.24, 2.45) is 0 Å². The molecule has 1 heterocycles. The highest BCUT2D eigenvalue weighted by atomic mass is 35.5. The number of carbonyl (C=O) groups excluding carboxylic acids is 1. The van der Waals surface area contributed by atoms with Crippen molar-refractivity contribution < 1.29 is 9.53 Å². The minimum atomic E-state index is -0.299. The lowest BCUT2D eigenvalue weighted by Crippen LogP contribution is -2.28. The molecular formula is C12H14ClN5O2. The minimum absolute atomic E-state index is 0.149. The number of nitrogens with zero attached hydrogens (tertiary/aromatic N) is 3. The van der Waals surface area contributed by atoms with Crippen molar-refractivity contribution in [3.8, 4) is 5.75 Å². The van der Waals surface area contributed by atoms with Crippen LogP contribution in [0.2, 0.25) is 5.02 Å². The van der Waals surface area contributed by atoms with E-state index in [4.69, 9.17) is 16.3 Å². The lowest BCUT2D eigenvalue weighted by molar-refractivity contribution is -0.122. The molecule has 0 fully saturated rings. The molecule has 0 aliphatic rings. The second-order valence-electron chi connectivity index (χ2n) is 4.12. The lowest BCUT2D eigenvalue weighted by Gasteiger charge is -2.10. The van der Waals surface area contributed by atoms with Crippen molar-refractivity contribution in [3.05, 3.63) is 35.1 Å². The van der Waals surface area contributed by atoms with Crippen LogP contribution in [0.15, 0.2) is 24.3 Å². The maximum atomic E-state index is 11.7. The third-order valence-corrected chi connectivity index (χ3v) is 2.76. The number of halogens is 1. The highest BCUT2D eigenvalue weighted by Gasteiger charge is 2.13. The van der Waals surface area contributed by atoms with Crippen LogP contribution in [0.25, 0.3) is 0 Å². The summed E-state index contributed by atoms with van der Waals surface area (Å²) >= 11 is 5.83. The van der Waals surface area contributed by atoms with E-state index in [0.717, 1.165) is 0 Å². The molecule has 1 atom stereocenters. The number of aromatic amines is 1. The first kappa shape index (κ1) is 14.3. The third-order valence-electron chi connectivity index (χ3n) is 2.52. The van der Waals surface area contributed by atoms with Gasteiger partial charge in [0.05, 0.1) is 19.1 Å². The number of hydrogen-bond donors (Lipinski definition) is 2. The summed E-state index contributed by atoms with van der Waals surface area (Å²) in [6, 6.07) is 6.73. The van der Waals surface area contributed by atoms with Crippen LogP contribution in [0.4, 0.5) is 0 Å². The molecule has 0 aliphatic heterocycles. The van der Waals surface area contributed by atoms with E-state index < -0.39 is 0 Å². The van der Waals surface area contributed by atoms with Crippen molar-refractivity contribution in [2.45, 2.75) is 19.4 Å². The summed E-state index contributed by atoms with van der Waals surface area (Å²) in [6.45, 7) is 2.05. The predicted molar refractivity (Wildman–Crippen MR) is 72.3 cm³/mol. The Morgan fingerprint density at radius 1 is 1.55 bits per heavy atom. The van der Waals surface area contributed by atoms with Crippen LogP contribution >= 0.6 is 11.6 Å². The van der Waals surface area contributed by atoms with Gasteiger partial charge in [0.25, 0.3) is 0 Å². The zero-order valence-electron chi connectivity index (χ0n) is 10.8. The molecule has 1 unspecified atom stereocenters. The molecule has 106 valence electrons. The van der Waals surface area contributed by atoms with E-state index in [1.807, 2.05) is 0 Å². The fourth-order valence-corrected chi connectivity index (χ4v) is 1.73. The Bertz CT molecular complexity index is 561. The molecule has 1 amide bonds. The van der Waals surface area contributed by atoms with E-state index in [1.165, 1.54) is 0 Å². The monoisotopic (exact) mass is 295 g/mol. The molecule has 1 aromatic carbocycles. The zero-order valence-corrected chi connectivity index (χ0v) is 11.6. The van der Waals surface area contributed by atoms with Crippen LogP contribution in [0.3, 0.4) is 0 Å². The molecule has 1 aromatic heterocycles. The van der Waals surface area contributed by atoms with Gasteiger partial charge in [0, 0.05) is 5.02 Å². The number of carbonyl (C=O) groups is 1. The number of aromatic nitrogens is 4. The molecule has 0 saturated heterocycles. The Labute approximate surface area is 120 Å². The predicted octanol–water partition coefficient (Wildman–Crippen LogP) is 1.50. The molecule has 0 spiro atoms. The number of benzene rings is 1. The quantitative estimate of drug-likeness (QED) is 0.842. The van der Waals surface area contributed by atoms with E-state index in [1.54, 1.807) is 31.2 Å². The van der Waals surface area contributed by atoms with Gasteiger partial charge in [-0.15, -0.1) is 10.2 Å². The molecule has 2 rings (SSSR count). The van der Waals surface area contributed by atoms with E-state index >= 15 is 0 Å². The summed E-state index contributed by atoms with van der Waals surface area (Å²) < 4.78 is 5.43. The van der Waals surface area contributed by atoms with E-state index in [-0.39, 0.29) is 25.0 Å². The molecule has 0 radical (unpaired) electrons. The van der Waals surface area contributed by atoms with Crippen molar-refractivity contribution in [1.82, 2.24) is 25.9 Å². The molecule has 0 aliphatic carbocycles. The minimum Gasteiger partial charge on any atom is -0.493 e. The Balaban J connectivity index is 1.73. The van der Waals surface area contributed by atoms with Gasteiger partial charge in [0.15, 0.2) is 5.82 Å². The Morgan fingerprint density at radius 3 is 3.10 bits per heavy atom. The van der Waals surface area contributed by atoms with Gasteiger partial charge in [-0.05, 0) is 25.1 Å².